The molecule has 0 radical (unpaired) electrons. The number of likely N-dealkylation sites (tertiary alicyclic amines) is 1. The summed E-state index contributed by atoms with van der Waals surface area (Å²) >= 11 is 1.70. The monoisotopic (exact) mass is 399 g/mol. The third-order valence-corrected chi connectivity index (χ3v) is 6.05. The van der Waals surface area contributed by atoms with E-state index >= 15 is 0 Å². The molecule has 1 aliphatic rings. The van der Waals surface area contributed by atoms with Crippen molar-refractivity contribution >= 4 is 17.5 Å². The van der Waals surface area contributed by atoms with Crippen molar-refractivity contribution in [3.63, 3.8) is 0 Å². The van der Waals surface area contributed by atoms with E-state index in [2.05, 4.69) is 17.0 Å². The number of hydrogen-bond donors (Lipinski definition) is 0. The Hall–Kier alpha value is -1.82. The number of ketones is 1. The summed E-state index contributed by atoms with van der Waals surface area (Å²) in [5, 5.41) is 0. The highest BCUT2D eigenvalue weighted by Crippen LogP contribution is 2.26. The largest absolute Gasteiger partial charge is 0.496 e. The van der Waals surface area contributed by atoms with Crippen LogP contribution in [0.3, 0.4) is 0 Å². The van der Waals surface area contributed by atoms with Gasteiger partial charge in [-0.2, -0.15) is 0 Å². The quantitative estimate of drug-likeness (QED) is 0.477. The van der Waals surface area contributed by atoms with Crippen LogP contribution in [0.5, 0.6) is 5.75 Å². The number of nitrogens with zero attached hydrogens (tertiary/aromatic N) is 1. The standard InChI is InChI=1S/C23H29NO3S/c1-26-16-20-13-17(6-11-22(20)27-2)14-24-12-4-5-19(15-24)23(25)18-7-9-21(28-3)10-8-18/h6-11,13,19H,4-5,12,14-16H2,1-3H3. The lowest BCUT2D eigenvalue weighted by molar-refractivity contribution is 0.0811. The minimum Gasteiger partial charge on any atom is -0.496 e. The Bertz CT molecular complexity index is 791. The smallest absolute Gasteiger partial charge is 0.167 e. The molecule has 0 saturated carbocycles. The molecular weight excluding hydrogens is 370 g/mol. The topological polar surface area (TPSA) is 38.8 Å². The maximum Gasteiger partial charge on any atom is 0.167 e. The SMILES string of the molecule is COCc1cc(CN2CCCC(C(=O)c3ccc(SC)cc3)C2)ccc1OC. The summed E-state index contributed by atoms with van der Waals surface area (Å²) < 4.78 is 10.7. The van der Waals surface area contributed by atoms with Gasteiger partial charge in [0.25, 0.3) is 0 Å². The molecule has 0 aliphatic carbocycles. The van der Waals surface area contributed by atoms with E-state index in [0.717, 1.165) is 49.4 Å². The Balaban J connectivity index is 1.66. The number of benzene rings is 2. The van der Waals surface area contributed by atoms with Crippen LogP contribution in [0.1, 0.15) is 34.3 Å². The number of methoxy groups -OCH3 is 2. The Labute approximate surface area is 172 Å². The number of carbonyl (C=O) groups is 1. The molecule has 150 valence electrons. The van der Waals surface area contributed by atoms with Crippen molar-refractivity contribution in [2.24, 2.45) is 5.92 Å². The molecule has 1 unspecified atom stereocenters. The van der Waals surface area contributed by atoms with Gasteiger partial charge in [-0.05, 0) is 55.5 Å². The Morgan fingerprint density at radius 1 is 1.18 bits per heavy atom. The second-order valence-corrected chi connectivity index (χ2v) is 8.13. The van der Waals surface area contributed by atoms with Gasteiger partial charge in [0.2, 0.25) is 0 Å². The molecule has 5 heteroatoms. The van der Waals surface area contributed by atoms with Crippen LogP contribution in [0, 0.1) is 5.92 Å². The summed E-state index contributed by atoms with van der Waals surface area (Å²) in [5.41, 5.74) is 3.11. The van der Waals surface area contributed by atoms with Crippen LogP contribution in [0.4, 0.5) is 0 Å². The molecule has 0 bridgehead atoms. The van der Waals surface area contributed by atoms with Crippen molar-refractivity contribution in [2.75, 3.05) is 33.6 Å². The number of thioether (sulfide) groups is 1. The van der Waals surface area contributed by atoms with E-state index in [4.69, 9.17) is 9.47 Å². The molecule has 1 aliphatic heterocycles. The molecule has 4 nitrogen and oxygen atoms in total. The minimum absolute atomic E-state index is 0.0746. The van der Waals surface area contributed by atoms with Crippen LogP contribution in [-0.4, -0.2) is 44.2 Å². The fraction of sp³-hybridized carbons (Fsp3) is 0.435. The first-order chi connectivity index (χ1) is 13.6. The predicted molar refractivity (Wildman–Crippen MR) is 114 cm³/mol. The van der Waals surface area contributed by atoms with Crippen LogP contribution in [-0.2, 0) is 17.9 Å². The molecule has 2 aromatic rings. The molecule has 0 N–H and O–H groups in total. The molecule has 0 amide bonds. The zero-order chi connectivity index (χ0) is 19.9. The normalized spacial score (nSPS) is 17.5. The average molecular weight is 400 g/mol. The van der Waals surface area contributed by atoms with Gasteiger partial charge >= 0.3 is 0 Å². The van der Waals surface area contributed by atoms with E-state index in [9.17, 15) is 4.79 Å². The van der Waals surface area contributed by atoms with E-state index in [1.54, 1.807) is 26.0 Å². The third-order valence-electron chi connectivity index (χ3n) is 5.30. The summed E-state index contributed by atoms with van der Waals surface area (Å²) in [7, 11) is 3.37. The lowest BCUT2D eigenvalue weighted by atomic mass is 9.90. The van der Waals surface area contributed by atoms with Gasteiger partial charge in [0, 0.05) is 42.1 Å². The molecule has 1 heterocycles. The van der Waals surface area contributed by atoms with Gasteiger partial charge in [-0.25, -0.2) is 0 Å². The first-order valence-electron chi connectivity index (χ1n) is 9.70. The molecule has 2 aromatic carbocycles. The van der Waals surface area contributed by atoms with Gasteiger partial charge in [-0.15, -0.1) is 11.8 Å². The maximum absolute atomic E-state index is 13.0. The third kappa shape index (κ3) is 5.16. The first kappa shape index (κ1) is 20.9. The second-order valence-electron chi connectivity index (χ2n) is 7.25. The van der Waals surface area contributed by atoms with Crippen LogP contribution < -0.4 is 4.74 Å². The molecule has 0 aromatic heterocycles. The fourth-order valence-corrected chi connectivity index (χ4v) is 4.27. The van der Waals surface area contributed by atoms with E-state index in [-0.39, 0.29) is 11.7 Å². The van der Waals surface area contributed by atoms with E-state index in [1.807, 2.05) is 36.6 Å². The van der Waals surface area contributed by atoms with Crippen molar-refractivity contribution in [1.29, 1.82) is 0 Å². The number of rotatable bonds is 8. The Kier molecular flexibility index (Phi) is 7.54. The number of ether oxygens (including phenoxy) is 2. The van der Waals surface area contributed by atoms with Gasteiger partial charge in [0.05, 0.1) is 13.7 Å². The molecular formula is C23H29NO3S. The van der Waals surface area contributed by atoms with Crippen molar-refractivity contribution < 1.29 is 14.3 Å². The second kappa shape index (κ2) is 10.1. The summed E-state index contributed by atoms with van der Waals surface area (Å²) in [6.45, 7) is 3.22. The highest BCUT2D eigenvalue weighted by molar-refractivity contribution is 7.98. The average Bonchev–Trinajstić information content (AvgIpc) is 2.74. The Morgan fingerprint density at radius 2 is 1.96 bits per heavy atom. The fourth-order valence-electron chi connectivity index (χ4n) is 3.86. The zero-order valence-corrected chi connectivity index (χ0v) is 17.8. The lowest BCUT2D eigenvalue weighted by Gasteiger charge is -2.32. The molecule has 1 saturated heterocycles. The number of piperidine rings is 1. The van der Waals surface area contributed by atoms with Crippen LogP contribution in [0.15, 0.2) is 47.4 Å². The van der Waals surface area contributed by atoms with Crippen LogP contribution >= 0.6 is 11.8 Å². The highest BCUT2D eigenvalue weighted by Gasteiger charge is 2.26. The molecule has 1 atom stereocenters. The van der Waals surface area contributed by atoms with E-state index < -0.39 is 0 Å². The zero-order valence-electron chi connectivity index (χ0n) is 16.9. The number of hydrogen-bond acceptors (Lipinski definition) is 5. The van der Waals surface area contributed by atoms with Crippen molar-refractivity contribution in [2.45, 2.75) is 30.9 Å². The first-order valence-corrected chi connectivity index (χ1v) is 10.9. The van der Waals surface area contributed by atoms with Crippen molar-refractivity contribution in [3.8, 4) is 5.75 Å². The van der Waals surface area contributed by atoms with Crippen molar-refractivity contribution in [1.82, 2.24) is 4.90 Å². The van der Waals surface area contributed by atoms with E-state index in [0.29, 0.717) is 6.61 Å². The summed E-state index contributed by atoms with van der Waals surface area (Å²) in [6.07, 6.45) is 4.07. The lowest BCUT2D eigenvalue weighted by Crippen LogP contribution is -2.38. The number of carbonyl (C=O) groups excluding carboxylic acids is 1. The molecule has 28 heavy (non-hydrogen) atoms. The van der Waals surface area contributed by atoms with E-state index in [1.165, 1.54) is 10.5 Å². The highest BCUT2D eigenvalue weighted by atomic mass is 32.2. The molecule has 1 fully saturated rings. The van der Waals surface area contributed by atoms with Gasteiger partial charge in [0.15, 0.2) is 5.78 Å². The van der Waals surface area contributed by atoms with Gasteiger partial charge in [-0.3, -0.25) is 9.69 Å². The van der Waals surface area contributed by atoms with Crippen molar-refractivity contribution in [3.05, 3.63) is 59.2 Å². The van der Waals surface area contributed by atoms with Crippen LogP contribution in [0.2, 0.25) is 0 Å². The number of Topliss-reactive ketones (excluding diaryl/α,β-unsaturated/α-hetero) is 1. The summed E-state index contributed by atoms with van der Waals surface area (Å²) in [6, 6.07) is 14.3. The van der Waals surface area contributed by atoms with Gasteiger partial charge in [-0.1, -0.05) is 18.2 Å². The summed E-state index contributed by atoms with van der Waals surface area (Å²) in [4.78, 5) is 16.5. The van der Waals surface area contributed by atoms with Gasteiger partial charge < -0.3 is 9.47 Å². The predicted octanol–water partition coefficient (Wildman–Crippen LogP) is 4.66. The maximum atomic E-state index is 13.0. The minimum atomic E-state index is 0.0746. The molecule has 3 rings (SSSR count). The summed E-state index contributed by atoms with van der Waals surface area (Å²) in [5.74, 6) is 1.20. The van der Waals surface area contributed by atoms with Crippen LogP contribution in [0.25, 0.3) is 0 Å². The Morgan fingerprint density at radius 3 is 2.64 bits per heavy atom. The van der Waals surface area contributed by atoms with Gasteiger partial charge in [0.1, 0.15) is 5.75 Å². The molecule has 0 spiro atoms.